The molecule has 0 bridgehead atoms. The molecule has 2 nitrogen and oxygen atoms in total. The molecule has 1 aromatic carbocycles. The topological polar surface area (TPSA) is 35.2 Å². The molecule has 3 rings (SSSR count). The first-order chi connectivity index (χ1) is 6.86. The van der Waals surface area contributed by atoms with Gasteiger partial charge in [0.25, 0.3) is 0 Å². The highest BCUT2D eigenvalue weighted by atomic mass is 16.5. The van der Waals surface area contributed by atoms with Gasteiger partial charge in [-0.3, -0.25) is 0 Å². The summed E-state index contributed by atoms with van der Waals surface area (Å²) in [5, 5.41) is 0. The number of aryl methyl sites for hydroxylation is 1. The van der Waals surface area contributed by atoms with E-state index in [1.165, 1.54) is 11.1 Å². The Morgan fingerprint density at radius 1 is 1.29 bits per heavy atom. The molecule has 1 aliphatic carbocycles. The molecule has 0 unspecified atom stereocenters. The molecule has 0 spiro atoms. The Labute approximate surface area is 84.1 Å². The van der Waals surface area contributed by atoms with Crippen LogP contribution in [-0.4, -0.2) is 12.6 Å². The summed E-state index contributed by atoms with van der Waals surface area (Å²) >= 11 is 0. The van der Waals surface area contributed by atoms with E-state index in [0.717, 1.165) is 31.6 Å². The van der Waals surface area contributed by atoms with E-state index in [1.807, 2.05) is 0 Å². The number of hydrogen-bond acceptors (Lipinski definition) is 2. The molecule has 0 saturated carbocycles. The molecule has 2 heteroatoms. The van der Waals surface area contributed by atoms with Crippen molar-refractivity contribution in [3.8, 4) is 5.75 Å². The Balaban J connectivity index is 2.17. The maximum atomic E-state index is 6.15. The summed E-state index contributed by atoms with van der Waals surface area (Å²) in [7, 11) is 0. The molecule has 0 fully saturated rings. The van der Waals surface area contributed by atoms with Crippen LogP contribution < -0.4 is 10.5 Å². The average Bonchev–Trinajstić information content (AvgIpc) is 2.24. The highest BCUT2D eigenvalue weighted by molar-refractivity contribution is 5.46. The summed E-state index contributed by atoms with van der Waals surface area (Å²) < 4.78 is 5.66. The first-order valence-electron chi connectivity index (χ1n) is 5.36. The van der Waals surface area contributed by atoms with Crippen LogP contribution in [0.2, 0.25) is 0 Å². The first-order valence-corrected chi connectivity index (χ1v) is 5.36. The Morgan fingerprint density at radius 3 is 3.14 bits per heavy atom. The quantitative estimate of drug-likeness (QED) is 0.675. The zero-order chi connectivity index (χ0) is 9.54. The highest BCUT2D eigenvalue weighted by Gasteiger charge is 2.32. The lowest BCUT2D eigenvalue weighted by molar-refractivity contribution is 0.245. The third kappa shape index (κ3) is 1.07. The molecule has 2 atom stereocenters. The van der Waals surface area contributed by atoms with E-state index in [4.69, 9.17) is 10.5 Å². The van der Waals surface area contributed by atoms with Crippen LogP contribution in [0.4, 0.5) is 0 Å². The molecule has 1 aromatic rings. The summed E-state index contributed by atoms with van der Waals surface area (Å²) in [6.45, 7) is 0.828. The Kier molecular flexibility index (Phi) is 1.77. The van der Waals surface area contributed by atoms with Gasteiger partial charge in [-0.05, 0) is 30.9 Å². The summed E-state index contributed by atoms with van der Waals surface area (Å²) in [4.78, 5) is 0. The third-order valence-electron chi connectivity index (χ3n) is 3.48. The molecule has 0 aromatic heterocycles. The molecule has 74 valence electrons. The summed E-state index contributed by atoms with van der Waals surface area (Å²) in [5.41, 5.74) is 9.00. The van der Waals surface area contributed by atoms with Crippen LogP contribution in [-0.2, 0) is 6.42 Å². The van der Waals surface area contributed by atoms with Gasteiger partial charge in [-0.25, -0.2) is 0 Å². The minimum absolute atomic E-state index is 0.340. The highest BCUT2D eigenvalue weighted by Crippen LogP contribution is 2.41. The second kappa shape index (κ2) is 2.99. The molecule has 0 radical (unpaired) electrons. The predicted octanol–water partition coefficient (Wildman–Crippen LogP) is 1.83. The van der Waals surface area contributed by atoms with Crippen molar-refractivity contribution in [2.45, 2.75) is 31.2 Å². The van der Waals surface area contributed by atoms with Gasteiger partial charge in [0.05, 0.1) is 6.61 Å². The van der Waals surface area contributed by atoms with Crippen LogP contribution >= 0.6 is 0 Å². The van der Waals surface area contributed by atoms with Crippen molar-refractivity contribution in [2.75, 3.05) is 6.61 Å². The lowest BCUT2D eigenvalue weighted by Crippen LogP contribution is -2.36. The first kappa shape index (κ1) is 8.30. The van der Waals surface area contributed by atoms with Gasteiger partial charge in [-0.15, -0.1) is 0 Å². The van der Waals surface area contributed by atoms with Gasteiger partial charge >= 0.3 is 0 Å². The Bertz CT molecular complexity index is 347. The lowest BCUT2D eigenvalue weighted by Gasteiger charge is -2.35. The van der Waals surface area contributed by atoms with E-state index < -0.39 is 0 Å². The number of hydrogen-bond donors (Lipinski definition) is 1. The normalized spacial score (nSPS) is 29.2. The molecule has 14 heavy (non-hydrogen) atoms. The minimum atomic E-state index is 0.340. The average molecular weight is 189 g/mol. The maximum Gasteiger partial charge on any atom is 0.123 e. The number of ether oxygens (including phenoxy) is 1. The molecular weight excluding hydrogens is 174 g/mol. The zero-order valence-corrected chi connectivity index (χ0v) is 8.20. The van der Waals surface area contributed by atoms with Gasteiger partial charge in [-0.2, -0.15) is 0 Å². The number of nitrogens with two attached hydrogens (primary N) is 1. The van der Waals surface area contributed by atoms with Gasteiger partial charge in [0.1, 0.15) is 5.75 Å². The van der Waals surface area contributed by atoms with E-state index >= 15 is 0 Å². The van der Waals surface area contributed by atoms with Gasteiger partial charge in [0, 0.05) is 17.5 Å². The molecule has 2 N–H and O–H groups in total. The fourth-order valence-electron chi connectivity index (χ4n) is 2.75. The maximum absolute atomic E-state index is 6.15. The van der Waals surface area contributed by atoms with Crippen molar-refractivity contribution < 1.29 is 4.74 Å². The van der Waals surface area contributed by atoms with Crippen LogP contribution in [0.15, 0.2) is 18.2 Å². The zero-order valence-electron chi connectivity index (χ0n) is 8.20. The molecular formula is C12H15NO. The minimum Gasteiger partial charge on any atom is -0.493 e. The van der Waals surface area contributed by atoms with Crippen molar-refractivity contribution in [2.24, 2.45) is 5.73 Å². The van der Waals surface area contributed by atoms with Crippen molar-refractivity contribution in [1.29, 1.82) is 0 Å². The smallest absolute Gasteiger partial charge is 0.123 e. The monoisotopic (exact) mass is 189 g/mol. The third-order valence-corrected chi connectivity index (χ3v) is 3.48. The largest absolute Gasteiger partial charge is 0.493 e. The van der Waals surface area contributed by atoms with Crippen molar-refractivity contribution in [3.63, 3.8) is 0 Å². The van der Waals surface area contributed by atoms with Crippen LogP contribution in [0.5, 0.6) is 5.75 Å². The summed E-state index contributed by atoms with van der Waals surface area (Å²) in [6.07, 6.45) is 3.33. The van der Waals surface area contributed by atoms with Gasteiger partial charge in [-0.1, -0.05) is 12.1 Å². The molecule has 2 aliphatic rings. The molecule has 0 amide bonds. The van der Waals surface area contributed by atoms with E-state index in [9.17, 15) is 0 Å². The van der Waals surface area contributed by atoms with Crippen LogP contribution in [0.3, 0.4) is 0 Å². The van der Waals surface area contributed by atoms with E-state index in [2.05, 4.69) is 18.2 Å². The van der Waals surface area contributed by atoms with E-state index in [0.29, 0.717) is 12.0 Å². The van der Waals surface area contributed by atoms with Gasteiger partial charge < -0.3 is 10.5 Å². The lowest BCUT2D eigenvalue weighted by atomic mass is 9.76. The van der Waals surface area contributed by atoms with E-state index in [1.54, 1.807) is 0 Å². The van der Waals surface area contributed by atoms with Gasteiger partial charge in [0.2, 0.25) is 0 Å². The summed E-state index contributed by atoms with van der Waals surface area (Å²) in [5.74, 6) is 1.62. The van der Waals surface area contributed by atoms with Crippen molar-refractivity contribution in [3.05, 3.63) is 29.3 Å². The second-order valence-electron chi connectivity index (χ2n) is 4.28. The van der Waals surface area contributed by atoms with Crippen LogP contribution in [0.1, 0.15) is 29.9 Å². The fourth-order valence-corrected chi connectivity index (χ4v) is 2.75. The van der Waals surface area contributed by atoms with Crippen LogP contribution in [0, 0.1) is 0 Å². The number of benzene rings is 1. The van der Waals surface area contributed by atoms with Crippen molar-refractivity contribution in [1.82, 2.24) is 0 Å². The molecule has 1 heterocycles. The van der Waals surface area contributed by atoms with E-state index in [-0.39, 0.29) is 0 Å². The van der Waals surface area contributed by atoms with Crippen molar-refractivity contribution >= 4 is 0 Å². The predicted molar refractivity (Wildman–Crippen MR) is 55.6 cm³/mol. The molecule has 0 saturated heterocycles. The SMILES string of the molecule is N[C@@H]1CCc2cccc3c2[C@@H]1CCO3. The fraction of sp³-hybridized carbons (Fsp3) is 0.500. The standard InChI is InChI=1S/C12H15NO/c13-10-5-4-8-2-1-3-11-12(8)9(10)6-7-14-11/h1-3,9-10H,4-7,13H2/t9-,10-/m1/s1. The number of rotatable bonds is 0. The molecule has 1 aliphatic heterocycles. The Morgan fingerprint density at radius 2 is 2.21 bits per heavy atom. The van der Waals surface area contributed by atoms with Gasteiger partial charge in [0.15, 0.2) is 0 Å². The Hall–Kier alpha value is -1.02. The summed E-state index contributed by atoms with van der Waals surface area (Å²) in [6, 6.07) is 6.72. The van der Waals surface area contributed by atoms with Crippen LogP contribution in [0.25, 0.3) is 0 Å². The second-order valence-corrected chi connectivity index (χ2v) is 4.28.